The predicted octanol–water partition coefficient (Wildman–Crippen LogP) is 2.94. The Morgan fingerprint density at radius 2 is 2.21 bits per heavy atom. The molecule has 1 aliphatic rings. The first kappa shape index (κ1) is 14.7. The number of alkyl halides is 3. The van der Waals surface area contributed by atoms with E-state index >= 15 is 0 Å². The molecule has 2 rings (SSSR count). The quantitative estimate of drug-likeness (QED) is 0.853. The Hall–Kier alpha value is -0.660. The highest BCUT2D eigenvalue weighted by Crippen LogP contribution is 2.34. The van der Waals surface area contributed by atoms with Crippen molar-refractivity contribution in [3.8, 4) is 0 Å². The highest BCUT2D eigenvalue weighted by atomic mass is 32.1. The van der Waals surface area contributed by atoms with Crippen LogP contribution in [0.5, 0.6) is 0 Å². The maximum absolute atomic E-state index is 12.8. The molecule has 1 fully saturated rings. The Kier molecular flexibility index (Phi) is 4.47. The molecule has 19 heavy (non-hydrogen) atoms. The molecule has 1 atom stereocenters. The zero-order chi connectivity index (χ0) is 14.0. The molecule has 1 aliphatic heterocycles. The molecule has 0 unspecified atom stereocenters. The summed E-state index contributed by atoms with van der Waals surface area (Å²) in [6.07, 6.45) is -3.38. The Bertz CT molecular complexity index is 427. The molecule has 0 bridgehead atoms. The van der Waals surface area contributed by atoms with Crippen LogP contribution in [0.4, 0.5) is 13.2 Å². The fraction of sp³-hybridized carbons (Fsp3) is 0.750. The third-order valence-corrected chi connectivity index (χ3v) is 4.04. The van der Waals surface area contributed by atoms with E-state index in [0.29, 0.717) is 22.4 Å². The zero-order valence-electron chi connectivity index (χ0n) is 11.0. The van der Waals surface area contributed by atoms with Crippen molar-refractivity contribution in [1.29, 1.82) is 0 Å². The second-order valence-electron chi connectivity index (χ2n) is 4.93. The summed E-state index contributed by atoms with van der Waals surface area (Å²) >= 11 is 1.12. The van der Waals surface area contributed by atoms with Crippen molar-refractivity contribution in [3.63, 3.8) is 0 Å². The van der Waals surface area contributed by atoms with E-state index in [1.165, 1.54) is 0 Å². The van der Waals surface area contributed by atoms with Gasteiger partial charge in [-0.05, 0) is 26.3 Å². The van der Waals surface area contributed by atoms with Gasteiger partial charge in [-0.3, -0.25) is 0 Å². The molecule has 1 aromatic heterocycles. The van der Waals surface area contributed by atoms with Gasteiger partial charge in [0.1, 0.15) is 0 Å². The van der Waals surface area contributed by atoms with Gasteiger partial charge < -0.3 is 9.64 Å². The largest absolute Gasteiger partial charge is 0.434 e. The van der Waals surface area contributed by atoms with Gasteiger partial charge in [0.15, 0.2) is 5.69 Å². The van der Waals surface area contributed by atoms with Crippen molar-refractivity contribution in [1.82, 2.24) is 9.88 Å². The summed E-state index contributed by atoms with van der Waals surface area (Å²) in [5, 5.41) is 0.458. The summed E-state index contributed by atoms with van der Waals surface area (Å²) in [5.41, 5.74) is -0.732. The average molecular weight is 294 g/mol. The Morgan fingerprint density at radius 3 is 2.79 bits per heavy atom. The second-order valence-corrected chi connectivity index (χ2v) is 6.22. The number of thiazole rings is 1. The molecular weight excluding hydrogens is 277 g/mol. The van der Waals surface area contributed by atoms with Crippen LogP contribution in [0.25, 0.3) is 0 Å². The molecular formula is C12H17F3N2OS. The fourth-order valence-electron chi connectivity index (χ4n) is 2.28. The lowest BCUT2D eigenvalue weighted by molar-refractivity contribution is -0.141. The van der Waals surface area contributed by atoms with Crippen molar-refractivity contribution >= 4 is 11.3 Å². The number of aromatic nitrogens is 1. The first-order valence-corrected chi connectivity index (χ1v) is 6.97. The van der Waals surface area contributed by atoms with E-state index in [9.17, 15) is 13.2 Å². The van der Waals surface area contributed by atoms with Crippen molar-refractivity contribution in [2.75, 3.05) is 26.8 Å². The number of hydrogen-bond acceptors (Lipinski definition) is 4. The molecule has 1 saturated heterocycles. The minimum absolute atomic E-state index is 0.289. The van der Waals surface area contributed by atoms with Gasteiger partial charge in [0.2, 0.25) is 0 Å². The molecule has 2 heterocycles. The summed E-state index contributed by atoms with van der Waals surface area (Å²) < 4.78 is 43.7. The van der Waals surface area contributed by atoms with Gasteiger partial charge >= 0.3 is 6.18 Å². The van der Waals surface area contributed by atoms with E-state index in [4.69, 9.17) is 4.74 Å². The molecule has 0 aromatic carbocycles. The molecule has 3 nitrogen and oxygen atoms in total. The van der Waals surface area contributed by atoms with Gasteiger partial charge in [-0.25, -0.2) is 4.98 Å². The highest BCUT2D eigenvalue weighted by molar-refractivity contribution is 7.11. The molecule has 0 saturated carbocycles. The van der Waals surface area contributed by atoms with E-state index in [1.807, 2.05) is 11.9 Å². The molecule has 0 spiro atoms. The van der Waals surface area contributed by atoms with Crippen LogP contribution >= 0.6 is 11.3 Å². The Balaban J connectivity index is 2.01. The highest BCUT2D eigenvalue weighted by Gasteiger charge is 2.37. The molecule has 0 aliphatic carbocycles. The van der Waals surface area contributed by atoms with E-state index in [0.717, 1.165) is 30.9 Å². The fourth-order valence-corrected chi connectivity index (χ4v) is 3.31. The lowest BCUT2D eigenvalue weighted by Gasteiger charge is -2.19. The number of hydrogen-bond donors (Lipinski definition) is 0. The number of aryl methyl sites for hydroxylation is 1. The smallest absolute Gasteiger partial charge is 0.381 e. The molecule has 0 radical (unpaired) electrons. The third kappa shape index (κ3) is 3.90. The van der Waals surface area contributed by atoms with Gasteiger partial charge in [-0.2, -0.15) is 13.2 Å². The third-order valence-electron chi connectivity index (χ3n) is 3.08. The van der Waals surface area contributed by atoms with Crippen LogP contribution in [-0.2, 0) is 17.5 Å². The average Bonchev–Trinajstić information content (AvgIpc) is 2.87. The SMILES string of the molecule is Cc1nc(C(F)(F)F)c(CN(C)C[C@H]2CCOC2)s1. The van der Waals surface area contributed by atoms with Crippen molar-refractivity contribution in [2.45, 2.75) is 26.1 Å². The van der Waals surface area contributed by atoms with Crippen molar-refractivity contribution < 1.29 is 17.9 Å². The van der Waals surface area contributed by atoms with Crippen LogP contribution in [0.15, 0.2) is 0 Å². The summed E-state index contributed by atoms with van der Waals surface area (Å²) in [4.78, 5) is 5.82. The molecule has 0 amide bonds. The van der Waals surface area contributed by atoms with Gasteiger partial charge in [0.25, 0.3) is 0 Å². The van der Waals surface area contributed by atoms with Crippen molar-refractivity contribution in [2.24, 2.45) is 5.92 Å². The topological polar surface area (TPSA) is 25.4 Å². The number of halogens is 3. The standard InChI is InChI=1S/C12H17F3N2OS/c1-8-16-11(12(13,14)15)10(19-8)6-17(2)5-9-3-4-18-7-9/h9H,3-7H2,1-2H3/t9-/m1/s1. The monoisotopic (exact) mass is 294 g/mol. The first-order valence-electron chi connectivity index (χ1n) is 6.16. The first-order chi connectivity index (χ1) is 8.86. The summed E-state index contributed by atoms with van der Waals surface area (Å²) in [5.74, 6) is 0.424. The van der Waals surface area contributed by atoms with E-state index in [2.05, 4.69) is 4.98 Å². The maximum Gasteiger partial charge on any atom is 0.434 e. The number of ether oxygens (including phenoxy) is 1. The molecule has 108 valence electrons. The number of rotatable bonds is 4. The molecule has 7 heteroatoms. The summed E-state index contributed by atoms with van der Waals surface area (Å²) in [7, 11) is 1.84. The van der Waals surface area contributed by atoms with Crippen molar-refractivity contribution in [3.05, 3.63) is 15.6 Å². The molecule has 1 aromatic rings. The van der Waals surface area contributed by atoms with Crippen LogP contribution in [0.3, 0.4) is 0 Å². The van der Waals surface area contributed by atoms with Gasteiger partial charge in [0, 0.05) is 19.7 Å². The minimum Gasteiger partial charge on any atom is -0.381 e. The maximum atomic E-state index is 12.8. The van der Waals surface area contributed by atoms with Crippen LogP contribution in [0.1, 0.15) is 22.0 Å². The van der Waals surface area contributed by atoms with Crippen LogP contribution in [-0.4, -0.2) is 36.7 Å². The van der Waals surface area contributed by atoms with Crippen LogP contribution in [0.2, 0.25) is 0 Å². The van der Waals surface area contributed by atoms with Gasteiger partial charge in [-0.1, -0.05) is 0 Å². The lowest BCUT2D eigenvalue weighted by Crippen LogP contribution is -2.26. The molecule has 0 N–H and O–H groups in total. The van der Waals surface area contributed by atoms with E-state index in [1.54, 1.807) is 6.92 Å². The van der Waals surface area contributed by atoms with E-state index < -0.39 is 11.9 Å². The van der Waals surface area contributed by atoms with E-state index in [-0.39, 0.29) is 6.54 Å². The number of nitrogens with zero attached hydrogens (tertiary/aromatic N) is 2. The Morgan fingerprint density at radius 1 is 1.47 bits per heavy atom. The zero-order valence-corrected chi connectivity index (χ0v) is 11.8. The summed E-state index contributed by atoms with van der Waals surface area (Å²) in [6.45, 7) is 4.11. The lowest BCUT2D eigenvalue weighted by atomic mass is 10.1. The predicted molar refractivity (Wildman–Crippen MR) is 67.1 cm³/mol. The Labute approximate surface area is 114 Å². The van der Waals surface area contributed by atoms with Gasteiger partial charge in [-0.15, -0.1) is 11.3 Å². The minimum atomic E-state index is -4.36. The second kappa shape index (κ2) is 5.76. The van der Waals surface area contributed by atoms with Crippen LogP contribution < -0.4 is 0 Å². The summed E-state index contributed by atoms with van der Waals surface area (Å²) in [6, 6.07) is 0. The normalized spacial score (nSPS) is 20.4. The van der Waals surface area contributed by atoms with Gasteiger partial charge in [0.05, 0.1) is 16.5 Å². The van der Waals surface area contributed by atoms with Crippen LogP contribution in [0, 0.1) is 12.8 Å².